The number of hydrogen-bond acceptors (Lipinski definition) is 3. The maximum Gasteiger partial charge on any atom is 0.302 e. The predicted octanol–water partition coefficient (Wildman–Crippen LogP) is 3.22. The zero-order valence-corrected chi connectivity index (χ0v) is 12.4. The van der Waals surface area contributed by atoms with Gasteiger partial charge in [-0.3, -0.25) is 9.59 Å². The molecule has 0 bridgehead atoms. The van der Waals surface area contributed by atoms with Crippen molar-refractivity contribution in [2.45, 2.75) is 52.9 Å². The fourth-order valence-corrected chi connectivity index (χ4v) is 4.06. The number of ketones is 1. The molecule has 19 heavy (non-hydrogen) atoms. The molecule has 2 aliphatic rings. The molecule has 0 N–H and O–H groups in total. The molecular formula is C16H26O3. The number of fused-ring (bicyclic) bond motifs is 1. The SMILES string of the molecule is CC(=O)OC[C@H]1CCC(=O)[C@H](C)C[C@H]2[C@@H]1CC[C@@H]2C. The minimum Gasteiger partial charge on any atom is -0.466 e. The number of carbonyl (C=O) groups excluding carboxylic acids is 2. The van der Waals surface area contributed by atoms with Gasteiger partial charge in [0.2, 0.25) is 0 Å². The lowest BCUT2D eigenvalue weighted by molar-refractivity contribution is -0.143. The van der Waals surface area contributed by atoms with Gasteiger partial charge < -0.3 is 4.74 Å². The van der Waals surface area contributed by atoms with Gasteiger partial charge in [0.05, 0.1) is 6.61 Å². The molecular weight excluding hydrogens is 240 g/mol. The number of hydrogen-bond donors (Lipinski definition) is 0. The normalized spacial score (nSPS) is 39.3. The highest BCUT2D eigenvalue weighted by molar-refractivity contribution is 5.80. The van der Waals surface area contributed by atoms with Crippen molar-refractivity contribution in [3.8, 4) is 0 Å². The predicted molar refractivity (Wildman–Crippen MR) is 73.5 cm³/mol. The Morgan fingerprint density at radius 2 is 1.95 bits per heavy atom. The van der Waals surface area contributed by atoms with Crippen LogP contribution in [0.25, 0.3) is 0 Å². The molecule has 0 aromatic heterocycles. The van der Waals surface area contributed by atoms with Gasteiger partial charge in [0.1, 0.15) is 5.78 Å². The first-order valence-corrected chi connectivity index (χ1v) is 7.65. The van der Waals surface area contributed by atoms with Crippen molar-refractivity contribution in [2.24, 2.45) is 29.6 Å². The second-order valence-corrected chi connectivity index (χ2v) is 6.59. The lowest BCUT2D eigenvalue weighted by atomic mass is 9.72. The number of esters is 1. The second kappa shape index (κ2) is 6.06. The number of ether oxygens (including phenoxy) is 1. The Morgan fingerprint density at radius 3 is 2.63 bits per heavy atom. The van der Waals surface area contributed by atoms with Gasteiger partial charge in [-0.05, 0) is 42.9 Å². The molecule has 0 unspecified atom stereocenters. The van der Waals surface area contributed by atoms with Gasteiger partial charge in [0.15, 0.2) is 0 Å². The van der Waals surface area contributed by atoms with Gasteiger partial charge in [-0.25, -0.2) is 0 Å². The van der Waals surface area contributed by atoms with Gasteiger partial charge in [-0.2, -0.15) is 0 Å². The molecule has 0 aromatic carbocycles. The summed E-state index contributed by atoms with van der Waals surface area (Å²) in [5.74, 6) is 2.77. The van der Waals surface area contributed by atoms with E-state index in [1.54, 1.807) is 0 Å². The highest BCUT2D eigenvalue weighted by Crippen LogP contribution is 2.47. The third-order valence-corrected chi connectivity index (χ3v) is 5.28. The molecule has 3 nitrogen and oxygen atoms in total. The number of Topliss-reactive ketones (excluding diaryl/α,β-unsaturated/α-hetero) is 1. The molecule has 0 aromatic rings. The minimum atomic E-state index is -0.204. The monoisotopic (exact) mass is 266 g/mol. The molecule has 0 heterocycles. The van der Waals surface area contributed by atoms with Crippen LogP contribution in [0.3, 0.4) is 0 Å². The quantitative estimate of drug-likeness (QED) is 0.721. The van der Waals surface area contributed by atoms with Crippen LogP contribution in [0.4, 0.5) is 0 Å². The van der Waals surface area contributed by atoms with Gasteiger partial charge in [-0.15, -0.1) is 0 Å². The molecule has 108 valence electrons. The molecule has 0 spiro atoms. The van der Waals surface area contributed by atoms with E-state index < -0.39 is 0 Å². The molecule has 0 radical (unpaired) electrons. The summed E-state index contributed by atoms with van der Waals surface area (Å²) >= 11 is 0. The fourth-order valence-electron chi connectivity index (χ4n) is 4.06. The van der Waals surface area contributed by atoms with Crippen molar-refractivity contribution in [2.75, 3.05) is 6.61 Å². The summed E-state index contributed by atoms with van der Waals surface area (Å²) in [7, 11) is 0. The van der Waals surface area contributed by atoms with Crippen molar-refractivity contribution >= 4 is 11.8 Å². The summed E-state index contributed by atoms with van der Waals surface area (Å²) in [6.07, 6.45) is 5.07. The van der Waals surface area contributed by atoms with E-state index in [0.29, 0.717) is 42.5 Å². The van der Waals surface area contributed by atoms with E-state index in [4.69, 9.17) is 4.74 Å². The zero-order chi connectivity index (χ0) is 14.0. The second-order valence-electron chi connectivity index (χ2n) is 6.59. The zero-order valence-electron chi connectivity index (χ0n) is 12.4. The Kier molecular flexibility index (Phi) is 4.64. The van der Waals surface area contributed by atoms with Crippen LogP contribution in [0.2, 0.25) is 0 Å². The van der Waals surface area contributed by atoms with Crippen molar-refractivity contribution in [3.05, 3.63) is 0 Å². The first-order chi connectivity index (χ1) is 8.99. The Morgan fingerprint density at radius 1 is 1.21 bits per heavy atom. The van der Waals surface area contributed by atoms with Crippen LogP contribution in [0.1, 0.15) is 52.9 Å². The van der Waals surface area contributed by atoms with Crippen molar-refractivity contribution < 1.29 is 14.3 Å². The molecule has 5 atom stereocenters. The van der Waals surface area contributed by atoms with Crippen molar-refractivity contribution in [1.82, 2.24) is 0 Å². The van der Waals surface area contributed by atoms with Gasteiger partial charge in [0.25, 0.3) is 0 Å². The third kappa shape index (κ3) is 3.37. The molecule has 0 aliphatic heterocycles. The van der Waals surface area contributed by atoms with Crippen molar-refractivity contribution in [1.29, 1.82) is 0 Å². The van der Waals surface area contributed by atoms with E-state index in [9.17, 15) is 9.59 Å². The fraction of sp³-hybridized carbons (Fsp3) is 0.875. The molecule has 2 fully saturated rings. The maximum atomic E-state index is 12.0. The van der Waals surface area contributed by atoms with Gasteiger partial charge in [0, 0.05) is 19.3 Å². The number of carbonyl (C=O) groups is 2. The van der Waals surface area contributed by atoms with E-state index in [1.807, 2.05) is 0 Å². The molecule has 3 heteroatoms. The first kappa shape index (κ1) is 14.5. The van der Waals surface area contributed by atoms with Crippen LogP contribution in [0.15, 0.2) is 0 Å². The standard InChI is InChI=1S/C16H26O3/c1-10-4-6-14-13(9-19-12(3)17)5-7-16(18)11(2)8-15(10)14/h10-11,13-15H,4-9H2,1-3H3/t10-,11+,13+,14+,15+/m0/s1. The smallest absolute Gasteiger partial charge is 0.302 e. The van der Waals surface area contributed by atoms with Crippen LogP contribution in [-0.4, -0.2) is 18.4 Å². The molecule has 0 amide bonds. The summed E-state index contributed by atoms with van der Waals surface area (Å²) < 4.78 is 5.23. The molecule has 0 saturated heterocycles. The Hall–Kier alpha value is -0.860. The Labute approximate surface area is 116 Å². The van der Waals surface area contributed by atoms with Crippen LogP contribution < -0.4 is 0 Å². The summed E-state index contributed by atoms with van der Waals surface area (Å²) in [5.41, 5.74) is 0. The van der Waals surface area contributed by atoms with E-state index in [2.05, 4.69) is 13.8 Å². The van der Waals surface area contributed by atoms with Crippen molar-refractivity contribution in [3.63, 3.8) is 0 Å². The summed E-state index contributed by atoms with van der Waals surface area (Å²) in [5, 5.41) is 0. The van der Waals surface area contributed by atoms with E-state index >= 15 is 0 Å². The topological polar surface area (TPSA) is 43.4 Å². The number of rotatable bonds is 2. The van der Waals surface area contributed by atoms with E-state index in [1.165, 1.54) is 19.8 Å². The van der Waals surface area contributed by atoms with Gasteiger partial charge >= 0.3 is 5.97 Å². The van der Waals surface area contributed by atoms with Gasteiger partial charge in [-0.1, -0.05) is 20.3 Å². The molecule has 2 saturated carbocycles. The molecule has 2 rings (SSSR count). The summed E-state index contributed by atoms with van der Waals surface area (Å²) in [6, 6.07) is 0. The third-order valence-electron chi connectivity index (χ3n) is 5.28. The van der Waals surface area contributed by atoms with Crippen LogP contribution >= 0.6 is 0 Å². The highest BCUT2D eigenvalue weighted by atomic mass is 16.5. The van der Waals surface area contributed by atoms with E-state index in [-0.39, 0.29) is 11.9 Å². The summed E-state index contributed by atoms with van der Waals surface area (Å²) in [6.45, 7) is 6.36. The Balaban J connectivity index is 2.09. The lowest BCUT2D eigenvalue weighted by Gasteiger charge is -2.34. The lowest BCUT2D eigenvalue weighted by Crippen LogP contribution is -2.32. The average molecular weight is 266 g/mol. The average Bonchev–Trinajstić information content (AvgIpc) is 2.69. The first-order valence-electron chi connectivity index (χ1n) is 7.65. The largest absolute Gasteiger partial charge is 0.466 e. The Bertz CT molecular complexity index is 350. The van der Waals surface area contributed by atoms with Crippen LogP contribution in [0.5, 0.6) is 0 Å². The maximum absolute atomic E-state index is 12.0. The van der Waals surface area contributed by atoms with E-state index in [0.717, 1.165) is 12.8 Å². The highest BCUT2D eigenvalue weighted by Gasteiger charge is 2.41. The summed E-state index contributed by atoms with van der Waals surface area (Å²) in [4.78, 5) is 23.1. The minimum absolute atomic E-state index is 0.204. The van der Waals surface area contributed by atoms with Crippen LogP contribution in [0, 0.1) is 29.6 Å². The van der Waals surface area contributed by atoms with Crippen LogP contribution in [-0.2, 0) is 14.3 Å². The molecule has 2 aliphatic carbocycles.